The Morgan fingerprint density at radius 3 is 2.50 bits per heavy atom. The van der Waals surface area contributed by atoms with Gasteiger partial charge in [-0.15, -0.1) is 0 Å². The highest BCUT2D eigenvalue weighted by atomic mass is 16.6. The van der Waals surface area contributed by atoms with Crippen molar-refractivity contribution in [3.8, 4) is 17.2 Å². The third-order valence-electron chi connectivity index (χ3n) is 3.78. The number of nitrogens with one attached hydrogen (secondary N) is 1. The van der Waals surface area contributed by atoms with Gasteiger partial charge in [0.05, 0.1) is 0 Å². The Morgan fingerprint density at radius 2 is 1.81 bits per heavy atom. The summed E-state index contributed by atoms with van der Waals surface area (Å²) >= 11 is 0. The highest BCUT2D eigenvalue weighted by molar-refractivity contribution is 5.94. The van der Waals surface area contributed by atoms with Crippen molar-refractivity contribution >= 4 is 17.5 Å². The molecule has 1 aliphatic heterocycles. The zero-order valence-corrected chi connectivity index (χ0v) is 14.6. The molecule has 2 amide bonds. The Labute approximate surface area is 151 Å². The molecule has 1 atom stereocenters. The minimum Gasteiger partial charge on any atom is -0.485 e. The van der Waals surface area contributed by atoms with Gasteiger partial charge in [0.2, 0.25) is 6.10 Å². The minimum atomic E-state index is -0.724. The van der Waals surface area contributed by atoms with E-state index in [2.05, 4.69) is 5.32 Å². The second kappa shape index (κ2) is 7.77. The van der Waals surface area contributed by atoms with Crippen LogP contribution in [0.15, 0.2) is 48.5 Å². The summed E-state index contributed by atoms with van der Waals surface area (Å²) in [5.74, 6) is 1.30. The quantitative estimate of drug-likeness (QED) is 0.886. The predicted octanol–water partition coefficient (Wildman–Crippen LogP) is 1.93. The van der Waals surface area contributed by atoms with Gasteiger partial charge in [0.1, 0.15) is 12.4 Å². The zero-order valence-electron chi connectivity index (χ0n) is 14.6. The van der Waals surface area contributed by atoms with Gasteiger partial charge in [0.15, 0.2) is 18.1 Å². The van der Waals surface area contributed by atoms with E-state index in [0.29, 0.717) is 22.9 Å². The molecule has 2 aromatic rings. The maximum absolute atomic E-state index is 12.4. The first-order valence-corrected chi connectivity index (χ1v) is 8.15. The monoisotopic (exact) mass is 356 g/mol. The van der Waals surface area contributed by atoms with Crippen LogP contribution in [0.5, 0.6) is 17.2 Å². The molecule has 1 aliphatic rings. The molecule has 3 rings (SSSR count). The Hall–Kier alpha value is -3.22. The fourth-order valence-corrected chi connectivity index (χ4v) is 2.28. The molecule has 1 heterocycles. The number of benzene rings is 2. The number of likely N-dealkylation sites (N-methyl/N-ethyl adjacent to an activating group) is 1. The normalized spacial score (nSPS) is 15.1. The van der Waals surface area contributed by atoms with Crippen molar-refractivity contribution in [1.82, 2.24) is 4.90 Å². The lowest BCUT2D eigenvalue weighted by Gasteiger charge is -2.25. The molecule has 26 heavy (non-hydrogen) atoms. The van der Waals surface area contributed by atoms with Crippen LogP contribution in [0.1, 0.15) is 0 Å². The van der Waals surface area contributed by atoms with Gasteiger partial charge in [-0.3, -0.25) is 9.59 Å². The van der Waals surface area contributed by atoms with E-state index >= 15 is 0 Å². The van der Waals surface area contributed by atoms with Crippen molar-refractivity contribution in [3.63, 3.8) is 0 Å². The Kier molecular flexibility index (Phi) is 5.26. The van der Waals surface area contributed by atoms with Crippen LogP contribution in [0, 0.1) is 0 Å². The Balaban J connectivity index is 1.54. The number of rotatable bonds is 5. The average molecular weight is 356 g/mol. The smallest absolute Gasteiger partial charge is 0.269 e. The molecule has 0 saturated heterocycles. The van der Waals surface area contributed by atoms with E-state index in [1.807, 2.05) is 12.1 Å². The van der Waals surface area contributed by atoms with Crippen molar-refractivity contribution in [2.24, 2.45) is 0 Å². The van der Waals surface area contributed by atoms with Gasteiger partial charge in [-0.2, -0.15) is 0 Å². The van der Waals surface area contributed by atoms with Gasteiger partial charge in [-0.05, 0) is 36.4 Å². The number of hydrogen-bond acceptors (Lipinski definition) is 5. The van der Waals surface area contributed by atoms with Gasteiger partial charge in [0, 0.05) is 19.8 Å². The minimum absolute atomic E-state index is 0.0363. The Morgan fingerprint density at radius 1 is 1.12 bits per heavy atom. The molecule has 0 bridgehead atoms. The number of para-hydroxylation sites is 2. The Bertz CT molecular complexity index is 789. The number of ether oxygens (including phenoxy) is 3. The standard InChI is InChI=1S/C19H20N2O5/c1-21(2)18(22)12-24-14-9-7-13(8-10-14)20-19(23)17-11-25-15-5-3-4-6-16(15)26-17/h3-10,17H,11-12H2,1-2H3,(H,20,23). The SMILES string of the molecule is CN(C)C(=O)COc1ccc(NC(=O)C2COc3ccccc3O2)cc1. The van der Waals surface area contributed by atoms with Gasteiger partial charge in [-0.1, -0.05) is 12.1 Å². The van der Waals surface area contributed by atoms with Crippen molar-refractivity contribution in [2.75, 3.05) is 32.6 Å². The molecule has 0 fully saturated rings. The highest BCUT2D eigenvalue weighted by Gasteiger charge is 2.27. The molecule has 7 nitrogen and oxygen atoms in total. The van der Waals surface area contributed by atoms with Crippen LogP contribution in [0.2, 0.25) is 0 Å². The molecule has 1 unspecified atom stereocenters. The fourth-order valence-electron chi connectivity index (χ4n) is 2.28. The van der Waals surface area contributed by atoms with E-state index in [4.69, 9.17) is 14.2 Å². The lowest BCUT2D eigenvalue weighted by Crippen LogP contribution is -2.40. The number of nitrogens with zero attached hydrogens (tertiary/aromatic N) is 1. The first-order valence-electron chi connectivity index (χ1n) is 8.15. The van der Waals surface area contributed by atoms with Gasteiger partial charge >= 0.3 is 0 Å². The largest absolute Gasteiger partial charge is 0.485 e. The summed E-state index contributed by atoms with van der Waals surface area (Å²) in [6.45, 7) is 0.113. The van der Waals surface area contributed by atoms with E-state index in [1.165, 1.54) is 4.90 Å². The van der Waals surface area contributed by atoms with Crippen molar-refractivity contribution in [2.45, 2.75) is 6.10 Å². The number of hydrogen-bond donors (Lipinski definition) is 1. The van der Waals surface area contributed by atoms with Gasteiger partial charge in [-0.25, -0.2) is 0 Å². The summed E-state index contributed by atoms with van der Waals surface area (Å²) in [4.78, 5) is 25.3. The number of anilines is 1. The molecule has 136 valence electrons. The molecule has 2 aromatic carbocycles. The first kappa shape index (κ1) is 17.6. The third kappa shape index (κ3) is 4.24. The number of carbonyl (C=O) groups is 2. The molecular formula is C19H20N2O5. The second-order valence-electron chi connectivity index (χ2n) is 5.95. The van der Waals surface area contributed by atoms with Crippen LogP contribution in [0.4, 0.5) is 5.69 Å². The van der Waals surface area contributed by atoms with Crippen LogP contribution < -0.4 is 19.5 Å². The lowest BCUT2D eigenvalue weighted by molar-refractivity contribution is -0.130. The molecule has 0 saturated carbocycles. The van der Waals surface area contributed by atoms with Crippen LogP contribution in [0.25, 0.3) is 0 Å². The van der Waals surface area contributed by atoms with E-state index in [9.17, 15) is 9.59 Å². The summed E-state index contributed by atoms with van der Waals surface area (Å²) in [6.07, 6.45) is -0.724. The predicted molar refractivity (Wildman–Crippen MR) is 95.6 cm³/mol. The number of carbonyl (C=O) groups excluding carboxylic acids is 2. The summed E-state index contributed by atoms with van der Waals surface area (Å²) in [7, 11) is 3.33. The maximum Gasteiger partial charge on any atom is 0.269 e. The summed E-state index contributed by atoms with van der Waals surface area (Å²) in [6, 6.07) is 14.0. The van der Waals surface area contributed by atoms with Gasteiger partial charge < -0.3 is 24.4 Å². The average Bonchev–Trinajstić information content (AvgIpc) is 2.66. The molecule has 0 radical (unpaired) electrons. The van der Waals surface area contributed by atoms with E-state index in [1.54, 1.807) is 50.5 Å². The molecule has 7 heteroatoms. The van der Waals surface area contributed by atoms with E-state index in [0.717, 1.165) is 0 Å². The zero-order chi connectivity index (χ0) is 18.5. The van der Waals surface area contributed by atoms with Crippen LogP contribution >= 0.6 is 0 Å². The van der Waals surface area contributed by atoms with E-state index in [-0.39, 0.29) is 25.0 Å². The number of fused-ring (bicyclic) bond motifs is 1. The fraction of sp³-hybridized carbons (Fsp3) is 0.263. The molecule has 0 aliphatic carbocycles. The topological polar surface area (TPSA) is 77.1 Å². The van der Waals surface area contributed by atoms with Crippen LogP contribution in [-0.2, 0) is 9.59 Å². The van der Waals surface area contributed by atoms with Crippen LogP contribution in [-0.4, -0.2) is 50.1 Å². The van der Waals surface area contributed by atoms with Gasteiger partial charge in [0.25, 0.3) is 11.8 Å². The van der Waals surface area contributed by atoms with Crippen molar-refractivity contribution in [3.05, 3.63) is 48.5 Å². The molecule has 0 spiro atoms. The van der Waals surface area contributed by atoms with E-state index < -0.39 is 6.10 Å². The highest BCUT2D eigenvalue weighted by Crippen LogP contribution is 2.31. The second-order valence-corrected chi connectivity index (χ2v) is 5.95. The lowest BCUT2D eigenvalue weighted by atomic mass is 10.2. The molecular weight excluding hydrogens is 336 g/mol. The van der Waals surface area contributed by atoms with Crippen LogP contribution in [0.3, 0.4) is 0 Å². The third-order valence-corrected chi connectivity index (χ3v) is 3.78. The molecule has 1 N–H and O–H groups in total. The van der Waals surface area contributed by atoms with Crippen molar-refractivity contribution < 1.29 is 23.8 Å². The first-order chi connectivity index (χ1) is 12.5. The van der Waals surface area contributed by atoms with Crippen molar-refractivity contribution in [1.29, 1.82) is 0 Å². The summed E-state index contributed by atoms with van der Waals surface area (Å²) in [5, 5.41) is 2.78. The maximum atomic E-state index is 12.4. The number of amides is 2. The summed E-state index contributed by atoms with van der Waals surface area (Å²) < 4.78 is 16.6. The summed E-state index contributed by atoms with van der Waals surface area (Å²) in [5.41, 5.74) is 0.601. The molecule has 0 aromatic heterocycles.